The zero-order chi connectivity index (χ0) is 20.7. The summed E-state index contributed by atoms with van der Waals surface area (Å²) in [5.74, 6) is 0. The van der Waals surface area contributed by atoms with Crippen molar-refractivity contribution in [3.8, 4) is 11.1 Å². The summed E-state index contributed by atoms with van der Waals surface area (Å²) in [6.07, 6.45) is 4.28. The maximum Gasteiger partial charge on any atom is 0.0729 e. The van der Waals surface area contributed by atoms with Gasteiger partial charge in [0.1, 0.15) is 0 Å². The van der Waals surface area contributed by atoms with Gasteiger partial charge in [0.05, 0.1) is 5.41 Å². The third-order valence-corrected chi connectivity index (χ3v) is 7.69. The highest BCUT2D eigenvalue weighted by molar-refractivity contribution is 6.31. The van der Waals surface area contributed by atoms with Crippen molar-refractivity contribution in [1.82, 2.24) is 0 Å². The van der Waals surface area contributed by atoms with E-state index in [0.717, 1.165) is 10.6 Å². The van der Waals surface area contributed by atoms with Crippen LogP contribution in [0.4, 0.5) is 0 Å². The maximum absolute atomic E-state index is 6.73. The van der Waals surface area contributed by atoms with Gasteiger partial charge in [-0.25, -0.2) is 0 Å². The van der Waals surface area contributed by atoms with Crippen LogP contribution < -0.4 is 0 Å². The van der Waals surface area contributed by atoms with Crippen molar-refractivity contribution in [1.29, 1.82) is 0 Å². The van der Waals surface area contributed by atoms with Gasteiger partial charge >= 0.3 is 0 Å². The molecule has 3 aliphatic rings. The number of rotatable bonds is 0. The summed E-state index contributed by atoms with van der Waals surface area (Å²) in [6.45, 7) is 6.80. The van der Waals surface area contributed by atoms with Gasteiger partial charge in [-0.15, -0.1) is 0 Å². The molecule has 1 heteroatoms. The molecule has 0 aliphatic heterocycles. The topological polar surface area (TPSA) is 0 Å². The van der Waals surface area contributed by atoms with Crippen molar-refractivity contribution in [2.75, 3.05) is 0 Å². The molecule has 6 rings (SSSR count). The van der Waals surface area contributed by atoms with E-state index in [-0.39, 0.29) is 5.41 Å². The third-order valence-electron chi connectivity index (χ3n) is 7.28. The molecule has 3 aromatic carbocycles. The molecule has 0 saturated carbocycles. The van der Waals surface area contributed by atoms with Crippen LogP contribution in [0.25, 0.3) is 11.1 Å². The Morgan fingerprint density at radius 1 is 0.700 bits per heavy atom. The molecule has 144 valence electrons. The van der Waals surface area contributed by atoms with Gasteiger partial charge in [-0.3, -0.25) is 0 Å². The molecule has 0 amide bonds. The molecule has 0 N–H and O–H groups in total. The Kier molecular flexibility index (Phi) is 3.43. The Hall–Kier alpha value is -3.01. The number of halogens is 1. The summed E-state index contributed by atoms with van der Waals surface area (Å²) in [6, 6.07) is 22.0. The van der Waals surface area contributed by atoms with Crippen LogP contribution in [0.5, 0.6) is 0 Å². The minimum atomic E-state index is -0.395. The van der Waals surface area contributed by atoms with Crippen LogP contribution in [0.2, 0.25) is 5.02 Å². The fraction of sp³-hybridized carbons (Fsp3) is 0.172. The van der Waals surface area contributed by atoms with Crippen LogP contribution in [0.1, 0.15) is 41.7 Å². The molecule has 30 heavy (non-hydrogen) atoms. The van der Waals surface area contributed by atoms with Gasteiger partial charge in [0.25, 0.3) is 0 Å². The van der Waals surface area contributed by atoms with E-state index >= 15 is 0 Å². The average molecular weight is 405 g/mol. The van der Waals surface area contributed by atoms with Crippen LogP contribution in [0.15, 0.2) is 95.4 Å². The summed E-state index contributed by atoms with van der Waals surface area (Å²) in [5.41, 5.74) is 17.7. The third kappa shape index (κ3) is 1.90. The van der Waals surface area contributed by atoms with Crippen molar-refractivity contribution in [3.63, 3.8) is 0 Å². The first kappa shape index (κ1) is 17.8. The Balaban J connectivity index is 1.91. The highest BCUT2D eigenvalue weighted by atomic mass is 35.5. The van der Waals surface area contributed by atoms with Gasteiger partial charge in [-0.1, -0.05) is 91.5 Å². The highest BCUT2D eigenvalue weighted by Crippen LogP contribution is 2.63. The summed E-state index contributed by atoms with van der Waals surface area (Å²) in [7, 11) is 0. The number of fused-ring (bicyclic) bond motifs is 8. The van der Waals surface area contributed by atoms with E-state index in [4.69, 9.17) is 11.6 Å². The van der Waals surface area contributed by atoms with E-state index in [1.807, 2.05) is 6.07 Å². The first-order valence-electron chi connectivity index (χ1n) is 10.4. The lowest BCUT2D eigenvalue weighted by molar-refractivity contribution is 0.564. The van der Waals surface area contributed by atoms with Crippen LogP contribution in [0.3, 0.4) is 0 Å². The lowest BCUT2D eigenvalue weighted by atomic mass is 9.54. The molecule has 0 fully saturated rings. The molecule has 3 aliphatic carbocycles. The molecule has 0 radical (unpaired) electrons. The van der Waals surface area contributed by atoms with E-state index in [1.54, 1.807) is 0 Å². The van der Waals surface area contributed by atoms with Gasteiger partial charge in [-0.05, 0) is 75.2 Å². The van der Waals surface area contributed by atoms with Crippen molar-refractivity contribution in [3.05, 3.63) is 128 Å². The number of hydrogen-bond donors (Lipinski definition) is 0. The maximum atomic E-state index is 6.73. The smallest absolute Gasteiger partial charge is 0.0729 e. The first-order valence-corrected chi connectivity index (χ1v) is 10.8. The van der Waals surface area contributed by atoms with Crippen molar-refractivity contribution in [2.45, 2.75) is 31.6 Å². The normalized spacial score (nSPS) is 21.5. The van der Waals surface area contributed by atoms with Crippen LogP contribution in [-0.2, 0) is 10.8 Å². The average Bonchev–Trinajstić information content (AvgIpc) is 3.07. The Morgan fingerprint density at radius 3 is 2.10 bits per heavy atom. The van der Waals surface area contributed by atoms with Gasteiger partial charge in [0.2, 0.25) is 0 Å². The molecule has 0 bridgehead atoms. The second-order valence-electron chi connectivity index (χ2n) is 8.97. The van der Waals surface area contributed by atoms with Crippen molar-refractivity contribution >= 4 is 11.6 Å². The molecule has 1 spiro atoms. The summed E-state index contributed by atoms with van der Waals surface area (Å²) in [4.78, 5) is 0. The largest absolute Gasteiger partial charge is 0.0840 e. The molecule has 3 aromatic rings. The molecule has 0 heterocycles. The first-order chi connectivity index (χ1) is 14.5. The lowest BCUT2D eigenvalue weighted by Gasteiger charge is -2.47. The zero-order valence-electron chi connectivity index (χ0n) is 17.3. The minimum absolute atomic E-state index is 0.118. The Bertz CT molecular complexity index is 1400. The lowest BCUT2D eigenvalue weighted by Crippen LogP contribution is -2.41. The summed E-state index contributed by atoms with van der Waals surface area (Å²) in [5, 5.41) is 0.816. The van der Waals surface area contributed by atoms with Crippen LogP contribution in [-0.4, -0.2) is 0 Å². The molecule has 0 aromatic heterocycles. The second kappa shape index (κ2) is 5.78. The van der Waals surface area contributed by atoms with E-state index in [2.05, 4.69) is 99.0 Å². The monoisotopic (exact) mass is 404 g/mol. The van der Waals surface area contributed by atoms with E-state index < -0.39 is 5.41 Å². The number of allylic oxidation sites excluding steroid dienone is 4. The fourth-order valence-electron chi connectivity index (χ4n) is 5.99. The number of benzene rings is 3. The van der Waals surface area contributed by atoms with Gasteiger partial charge in [0, 0.05) is 10.4 Å². The Labute approximate surface area is 182 Å². The van der Waals surface area contributed by atoms with E-state index in [0.29, 0.717) is 0 Å². The summed E-state index contributed by atoms with van der Waals surface area (Å²) < 4.78 is 0. The minimum Gasteiger partial charge on any atom is -0.0840 e. The molecule has 0 saturated heterocycles. The second-order valence-corrected chi connectivity index (χ2v) is 9.37. The van der Waals surface area contributed by atoms with Crippen LogP contribution >= 0.6 is 11.6 Å². The quantitative estimate of drug-likeness (QED) is 0.342. The molecule has 1 atom stereocenters. The SMILES string of the molecule is Cc1c(Cl)ccc2c1[C@]1(C3=C(C=C=C=C3)C(C)(C)c3ccccc31)c1ccccc1-2. The van der Waals surface area contributed by atoms with Crippen LogP contribution in [0, 0.1) is 6.92 Å². The molecule has 0 unspecified atom stereocenters. The van der Waals surface area contributed by atoms with Gasteiger partial charge in [-0.2, -0.15) is 0 Å². The Morgan fingerprint density at radius 2 is 1.33 bits per heavy atom. The zero-order valence-corrected chi connectivity index (χ0v) is 18.1. The van der Waals surface area contributed by atoms with E-state index in [1.165, 1.54) is 44.5 Å². The predicted molar refractivity (Wildman–Crippen MR) is 124 cm³/mol. The molecular weight excluding hydrogens is 384 g/mol. The van der Waals surface area contributed by atoms with E-state index in [9.17, 15) is 0 Å². The van der Waals surface area contributed by atoms with Crippen molar-refractivity contribution < 1.29 is 0 Å². The fourth-order valence-corrected chi connectivity index (χ4v) is 6.15. The van der Waals surface area contributed by atoms with Gasteiger partial charge in [0.15, 0.2) is 0 Å². The molecule has 0 nitrogen and oxygen atoms in total. The number of hydrogen-bond acceptors (Lipinski definition) is 0. The van der Waals surface area contributed by atoms with Gasteiger partial charge < -0.3 is 0 Å². The standard InChI is InChI=1S/C29H21Cl/c1-18-26(30)17-16-20-19-10-4-5-11-21(19)29(27(18)20)24-14-8-6-12-22(24)28(2,3)23-13-7-9-15-25(23)29/h4-6,8,10-17H,1-3H3/t29-/m1/s1. The summed E-state index contributed by atoms with van der Waals surface area (Å²) >= 11 is 6.73. The predicted octanol–water partition coefficient (Wildman–Crippen LogP) is 7.43. The highest BCUT2D eigenvalue weighted by Gasteiger charge is 2.54. The van der Waals surface area contributed by atoms with Crippen molar-refractivity contribution in [2.24, 2.45) is 0 Å². The molecular formula is C29H21Cl.